The molecule has 0 aromatic heterocycles. The van der Waals surface area contributed by atoms with E-state index in [0.717, 1.165) is 38.7 Å². The van der Waals surface area contributed by atoms with E-state index in [1.54, 1.807) is 0 Å². The summed E-state index contributed by atoms with van der Waals surface area (Å²) in [6, 6.07) is 0. The molecule has 2 N–H and O–H groups in total. The Labute approximate surface area is 154 Å². The van der Waals surface area contributed by atoms with Gasteiger partial charge < -0.3 is 20.4 Å². The number of likely N-dealkylation sites (N-methyl/N-ethyl adjacent to an activating group) is 1. The SMILES string of the molecule is CCCN(CC)CCNC(=NC)NCCN1CCCCC1.I. The van der Waals surface area contributed by atoms with Gasteiger partial charge in [0.1, 0.15) is 0 Å². The predicted octanol–water partition coefficient (Wildman–Crippen LogP) is 1.99. The van der Waals surface area contributed by atoms with Gasteiger partial charge in [-0.1, -0.05) is 20.3 Å². The molecule has 1 aliphatic heterocycles. The molecule has 0 atom stereocenters. The summed E-state index contributed by atoms with van der Waals surface area (Å²) < 4.78 is 0. The fourth-order valence-electron chi connectivity index (χ4n) is 2.81. The maximum absolute atomic E-state index is 4.30. The summed E-state index contributed by atoms with van der Waals surface area (Å²) in [7, 11) is 1.85. The zero-order valence-electron chi connectivity index (χ0n) is 14.7. The van der Waals surface area contributed by atoms with Crippen molar-refractivity contribution >= 4 is 29.9 Å². The summed E-state index contributed by atoms with van der Waals surface area (Å²) in [5.74, 6) is 0.930. The molecule has 5 nitrogen and oxygen atoms in total. The van der Waals surface area contributed by atoms with Crippen molar-refractivity contribution < 1.29 is 0 Å². The van der Waals surface area contributed by atoms with Crippen molar-refractivity contribution in [2.75, 3.05) is 59.4 Å². The molecule has 0 unspecified atom stereocenters. The Balaban J connectivity index is 0.00000441. The van der Waals surface area contributed by atoms with Crippen LogP contribution in [0.3, 0.4) is 0 Å². The first kappa shape index (κ1) is 21.9. The van der Waals surface area contributed by atoms with Crippen LogP contribution in [-0.4, -0.2) is 75.2 Å². The standard InChI is InChI=1S/C16H35N5.HI/c1-4-11-20(5-2)14-9-18-16(17-3)19-10-15-21-12-7-6-8-13-21;/h4-15H2,1-3H3,(H2,17,18,19);1H. The van der Waals surface area contributed by atoms with Gasteiger partial charge in [0, 0.05) is 33.2 Å². The second kappa shape index (κ2) is 14.5. The highest BCUT2D eigenvalue weighted by Crippen LogP contribution is 2.07. The number of rotatable bonds is 9. The molecular formula is C16H36IN5. The van der Waals surface area contributed by atoms with Gasteiger partial charge in [-0.25, -0.2) is 0 Å². The van der Waals surface area contributed by atoms with Crippen molar-refractivity contribution in [2.45, 2.75) is 39.5 Å². The number of nitrogens with one attached hydrogen (secondary N) is 2. The Morgan fingerprint density at radius 2 is 1.73 bits per heavy atom. The molecule has 1 aliphatic rings. The van der Waals surface area contributed by atoms with E-state index in [2.05, 4.69) is 39.3 Å². The van der Waals surface area contributed by atoms with Crippen molar-refractivity contribution in [3.63, 3.8) is 0 Å². The van der Waals surface area contributed by atoms with E-state index in [-0.39, 0.29) is 24.0 Å². The van der Waals surface area contributed by atoms with Crippen molar-refractivity contribution in [3.8, 4) is 0 Å². The number of hydrogen-bond acceptors (Lipinski definition) is 3. The Morgan fingerprint density at radius 3 is 2.32 bits per heavy atom. The van der Waals surface area contributed by atoms with Gasteiger partial charge in [0.25, 0.3) is 0 Å². The van der Waals surface area contributed by atoms with Crippen LogP contribution in [0.25, 0.3) is 0 Å². The van der Waals surface area contributed by atoms with Crippen LogP contribution in [0.1, 0.15) is 39.5 Å². The third kappa shape index (κ3) is 9.84. The molecule has 1 rings (SSSR count). The van der Waals surface area contributed by atoms with Gasteiger partial charge in [0.2, 0.25) is 0 Å². The molecule has 0 aromatic rings. The molecule has 1 saturated heterocycles. The summed E-state index contributed by atoms with van der Waals surface area (Å²) in [6.07, 6.45) is 5.34. The van der Waals surface area contributed by atoms with Crippen LogP contribution in [0.15, 0.2) is 4.99 Å². The van der Waals surface area contributed by atoms with Crippen molar-refractivity contribution in [1.82, 2.24) is 20.4 Å². The normalized spacial score (nSPS) is 16.5. The third-order valence-electron chi connectivity index (χ3n) is 4.10. The summed E-state index contributed by atoms with van der Waals surface area (Å²) in [4.78, 5) is 9.31. The van der Waals surface area contributed by atoms with E-state index in [9.17, 15) is 0 Å². The number of likely N-dealkylation sites (tertiary alicyclic amines) is 1. The molecule has 132 valence electrons. The highest BCUT2D eigenvalue weighted by Gasteiger charge is 2.09. The zero-order chi connectivity index (χ0) is 15.3. The van der Waals surface area contributed by atoms with E-state index in [1.165, 1.54) is 45.3 Å². The van der Waals surface area contributed by atoms with Gasteiger partial charge >= 0.3 is 0 Å². The van der Waals surface area contributed by atoms with E-state index in [4.69, 9.17) is 0 Å². The van der Waals surface area contributed by atoms with Crippen LogP contribution in [-0.2, 0) is 0 Å². The molecule has 0 aromatic carbocycles. The number of guanidine groups is 1. The van der Waals surface area contributed by atoms with Crippen LogP contribution >= 0.6 is 24.0 Å². The second-order valence-electron chi connectivity index (χ2n) is 5.76. The quantitative estimate of drug-likeness (QED) is 0.337. The summed E-state index contributed by atoms with van der Waals surface area (Å²) in [5.41, 5.74) is 0. The van der Waals surface area contributed by atoms with Crippen LogP contribution < -0.4 is 10.6 Å². The third-order valence-corrected chi connectivity index (χ3v) is 4.10. The lowest BCUT2D eigenvalue weighted by molar-refractivity contribution is 0.232. The lowest BCUT2D eigenvalue weighted by atomic mass is 10.1. The molecule has 0 saturated carbocycles. The van der Waals surface area contributed by atoms with Gasteiger partial charge in [-0.2, -0.15) is 0 Å². The lowest BCUT2D eigenvalue weighted by Gasteiger charge is -2.26. The maximum atomic E-state index is 4.30. The fraction of sp³-hybridized carbons (Fsp3) is 0.938. The van der Waals surface area contributed by atoms with E-state index in [1.807, 2.05) is 7.05 Å². The Morgan fingerprint density at radius 1 is 1.05 bits per heavy atom. The Kier molecular flexibility index (Phi) is 14.5. The fourth-order valence-corrected chi connectivity index (χ4v) is 2.81. The molecule has 22 heavy (non-hydrogen) atoms. The highest BCUT2D eigenvalue weighted by atomic mass is 127. The minimum atomic E-state index is 0. The van der Waals surface area contributed by atoms with Crippen LogP contribution in [0.4, 0.5) is 0 Å². The number of hydrogen-bond donors (Lipinski definition) is 2. The molecule has 0 amide bonds. The predicted molar refractivity (Wildman–Crippen MR) is 107 cm³/mol. The minimum absolute atomic E-state index is 0. The Hall–Kier alpha value is -0.0800. The summed E-state index contributed by atoms with van der Waals surface area (Å²) >= 11 is 0. The molecule has 1 fully saturated rings. The molecule has 1 heterocycles. The number of nitrogens with zero attached hydrogens (tertiary/aromatic N) is 3. The minimum Gasteiger partial charge on any atom is -0.355 e. The average Bonchev–Trinajstić information content (AvgIpc) is 2.53. The van der Waals surface area contributed by atoms with Crippen LogP contribution in [0.2, 0.25) is 0 Å². The summed E-state index contributed by atoms with van der Waals surface area (Å²) in [5, 5.41) is 6.83. The van der Waals surface area contributed by atoms with Gasteiger partial charge in [-0.05, 0) is 45.4 Å². The van der Waals surface area contributed by atoms with Crippen molar-refractivity contribution in [3.05, 3.63) is 0 Å². The van der Waals surface area contributed by atoms with Gasteiger partial charge in [0.05, 0.1) is 0 Å². The first-order valence-corrected chi connectivity index (χ1v) is 8.69. The maximum Gasteiger partial charge on any atom is 0.191 e. The van der Waals surface area contributed by atoms with E-state index >= 15 is 0 Å². The molecule has 0 aliphatic carbocycles. The van der Waals surface area contributed by atoms with Crippen molar-refractivity contribution in [2.24, 2.45) is 4.99 Å². The Bertz CT molecular complexity index is 267. The molecule has 6 heteroatoms. The zero-order valence-corrected chi connectivity index (χ0v) is 17.1. The highest BCUT2D eigenvalue weighted by molar-refractivity contribution is 14.0. The smallest absolute Gasteiger partial charge is 0.191 e. The lowest BCUT2D eigenvalue weighted by Crippen LogP contribution is -2.44. The molecular weight excluding hydrogens is 389 g/mol. The molecule has 0 bridgehead atoms. The van der Waals surface area contributed by atoms with E-state index in [0.29, 0.717) is 0 Å². The number of halogens is 1. The number of aliphatic imine (C=N–C) groups is 1. The molecule has 0 radical (unpaired) electrons. The van der Waals surface area contributed by atoms with Crippen molar-refractivity contribution in [1.29, 1.82) is 0 Å². The van der Waals surface area contributed by atoms with Crippen LogP contribution in [0, 0.1) is 0 Å². The van der Waals surface area contributed by atoms with Gasteiger partial charge in [-0.15, -0.1) is 24.0 Å². The van der Waals surface area contributed by atoms with Gasteiger partial charge in [0.15, 0.2) is 5.96 Å². The molecule has 0 spiro atoms. The van der Waals surface area contributed by atoms with E-state index < -0.39 is 0 Å². The first-order valence-electron chi connectivity index (χ1n) is 8.69. The monoisotopic (exact) mass is 425 g/mol. The average molecular weight is 425 g/mol. The summed E-state index contributed by atoms with van der Waals surface area (Å²) in [6.45, 7) is 13.4. The second-order valence-corrected chi connectivity index (χ2v) is 5.76. The van der Waals surface area contributed by atoms with Gasteiger partial charge in [-0.3, -0.25) is 4.99 Å². The first-order chi connectivity index (χ1) is 10.3. The van der Waals surface area contributed by atoms with Crippen LogP contribution in [0.5, 0.6) is 0 Å². The largest absolute Gasteiger partial charge is 0.355 e. The topological polar surface area (TPSA) is 42.9 Å². The number of piperidine rings is 1.